The van der Waals surface area contributed by atoms with Crippen molar-refractivity contribution in [2.45, 2.75) is 13.3 Å². The molecule has 0 spiro atoms. The summed E-state index contributed by atoms with van der Waals surface area (Å²) in [5.74, 6) is -0.414. The quantitative estimate of drug-likeness (QED) is 0.385. The second-order valence-electron chi connectivity index (χ2n) is 6.95. The van der Waals surface area contributed by atoms with Crippen LogP contribution >= 0.6 is 0 Å². The van der Waals surface area contributed by atoms with Gasteiger partial charge in [-0.3, -0.25) is 9.78 Å². The largest absolute Gasteiger partial charge is 0.354 e. The van der Waals surface area contributed by atoms with Crippen molar-refractivity contribution < 1.29 is 4.79 Å². The van der Waals surface area contributed by atoms with Gasteiger partial charge in [0.1, 0.15) is 17.3 Å². The van der Waals surface area contributed by atoms with Crippen LogP contribution in [-0.2, 0) is 11.2 Å². The van der Waals surface area contributed by atoms with Crippen molar-refractivity contribution in [2.24, 2.45) is 0 Å². The Morgan fingerprint density at radius 1 is 1.23 bits per heavy atom. The van der Waals surface area contributed by atoms with Gasteiger partial charge >= 0.3 is 0 Å². The van der Waals surface area contributed by atoms with Crippen LogP contribution < -0.4 is 5.32 Å². The molecule has 1 aromatic carbocycles. The van der Waals surface area contributed by atoms with Gasteiger partial charge in [-0.15, -0.1) is 0 Å². The van der Waals surface area contributed by atoms with E-state index in [2.05, 4.69) is 31.3 Å². The molecule has 4 rings (SSSR count). The zero-order valence-corrected chi connectivity index (χ0v) is 17.2. The van der Waals surface area contributed by atoms with E-state index in [1.165, 1.54) is 7.05 Å². The van der Waals surface area contributed by atoms with Crippen molar-refractivity contribution in [1.29, 1.82) is 5.26 Å². The number of aryl methyl sites for hydroxylation is 1. The van der Waals surface area contributed by atoms with Gasteiger partial charge in [0.15, 0.2) is 0 Å². The van der Waals surface area contributed by atoms with Gasteiger partial charge in [0.05, 0.1) is 17.6 Å². The third-order valence-corrected chi connectivity index (χ3v) is 4.98. The van der Waals surface area contributed by atoms with Crippen LogP contribution in [0.15, 0.2) is 60.7 Å². The highest BCUT2D eigenvalue weighted by Crippen LogP contribution is 2.30. The van der Waals surface area contributed by atoms with Gasteiger partial charge in [0.25, 0.3) is 5.91 Å². The number of H-pyrrole nitrogens is 1. The number of nitriles is 1. The SMILES string of the molecule is CCc1cncc(-c2c[nH]c3ncc(-c4cccc(/C=C(\C#N)C(=O)NC)c4)cc23)n1. The van der Waals surface area contributed by atoms with Crippen molar-refractivity contribution in [2.75, 3.05) is 7.05 Å². The number of aromatic amines is 1. The summed E-state index contributed by atoms with van der Waals surface area (Å²) in [6.45, 7) is 2.05. The smallest absolute Gasteiger partial charge is 0.261 e. The van der Waals surface area contributed by atoms with Crippen LogP contribution in [-0.4, -0.2) is 32.9 Å². The maximum atomic E-state index is 11.8. The Bertz CT molecular complexity index is 1350. The van der Waals surface area contributed by atoms with Gasteiger partial charge in [-0.25, -0.2) is 9.97 Å². The van der Waals surface area contributed by atoms with Gasteiger partial charge in [0.2, 0.25) is 0 Å². The van der Waals surface area contributed by atoms with Crippen molar-refractivity contribution in [1.82, 2.24) is 25.3 Å². The topological polar surface area (TPSA) is 107 Å². The molecule has 4 aromatic rings. The normalized spacial score (nSPS) is 11.3. The Hall–Kier alpha value is -4.31. The number of likely N-dealkylation sites (N-methyl/N-ethyl adjacent to an activating group) is 1. The second kappa shape index (κ2) is 8.59. The summed E-state index contributed by atoms with van der Waals surface area (Å²) in [5, 5.41) is 12.7. The molecule has 2 N–H and O–H groups in total. The third kappa shape index (κ3) is 4.05. The first kappa shape index (κ1) is 20.0. The number of aromatic nitrogens is 4. The molecular formula is C24H20N6O. The fourth-order valence-electron chi connectivity index (χ4n) is 3.34. The molecule has 0 aliphatic carbocycles. The first-order chi connectivity index (χ1) is 15.1. The van der Waals surface area contributed by atoms with Crippen molar-refractivity contribution in [3.8, 4) is 28.5 Å². The number of carbonyl (C=O) groups is 1. The molecule has 7 nitrogen and oxygen atoms in total. The first-order valence-corrected chi connectivity index (χ1v) is 9.85. The minimum atomic E-state index is -0.414. The number of carbonyl (C=O) groups excluding carboxylic acids is 1. The number of benzene rings is 1. The van der Waals surface area contributed by atoms with E-state index in [1.54, 1.807) is 24.7 Å². The lowest BCUT2D eigenvalue weighted by Gasteiger charge is -2.05. The van der Waals surface area contributed by atoms with Gasteiger partial charge in [-0.1, -0.05) is 25.1 Å². The summed E-state index contributed by atoms with van der Waals surface area (Å²) in [5.41, 5.74) is 6.09. The van der Waals surface area contributed by atoms with Gasteiger partial charge in [-0.05, 0) is 35.8 Å². The van der Waals surface area contributed by atoms with Crippen LogP contribution in [0.5, 0.6) is 0 Å². The van der Waals surface area contributed by atoms with Gasteiger partial charge in [-0.2, -0.15) is 5.26 Å². The van der Waals surface area contributed by atoms with Crippen molar-refractivity contribution >= 4 is 23.0 Å². The summed E-state index contributed by atoms with van der Waals surface area (Å²) in [6.07, 6.45) is 9.60. The number of pyridine rings is 1. The summed E-state index contributed by atoms with van der Waals surface area (Å²) < 4.78 is 0. The van der Waals surface area contributed by atoms with Crippen LogP contribution in [0.2, 0.25) is 0 Å². The predicted octanol–water partition coefficient (Wildman–Crippen LogP) is 3.90. The summed E-state index contributed by atoms with van der Waals surface area (Å²) >= 11 is 0. The number of nitrogens with one attached hydrogen (secondary N) is 2. The number of hydrogen-bond acceptors (Lipinski definition) is 5. The molecule has 0 atom stereocenters. The molecule has 0 fully saturated rings. The van der Waals surface area contributed by atoms with Crippen LogP contribution in [0, 0.1) is 11.3 Å². The van der Waals surface area contributed by atoms with E-state index in [0.29, 0.717) is 0 Å². The Balaban J connectivity index is 1.77. The molecule has 0 aliphatic rings. The Kier molecular flexibility index (Phi) is 5.54. The van der Waals surface area contributed by atoms with Gasteiger partial charge in [0, 0.05) is 42.2 Å². The van der Waals surface area contributed by atoms with E-state index in [0.717, 1.165) is 51.1 Å². The highest BCUT2D eigenvalue weighted by molar-refractivity contribution is 6.01. The van der Waals surface area contributed by atoms with Crippen molar-refractivity contribution in [3.63, 3.8) is 0 Å². The zero-order valence-electron chi connectivity index (χ0n) is 17.2. The highest BCUT2D eigenvalue weighted by atomic mass is 16.1. The fourth-order valence-corrected chi connectivity index (χ4v) is 3.34. The molecule has 0 bridgehead atoms. The van der Waals surface area contributed by atoms with Crippen LogP contribution in [0.3, 0.4) is 0 Å². The molecule has 3 aromatic heterocycles. The highest BCUT2D eigenvalue weighted by Gasteiger charge is 2.12. The van der Waals surface area contributed by atoms with E-state index >= 15 is 0 Å². The zero-order chi connectivity index (χ0) is 21.8. The standard InChI is InChI=1S/C24H20N6O/c1-3-19-12-27-14-22(30-19)21-13-29-23-20(21)9-18(11-28-23)16-6-4-5-15(7-16)8-17(10-25)24(31)26-2/h4-9,11-14H,3H2,1-2H3,(H,26,31)(H,28,29)/b17-8+. The fraction of sp³-hybridized carbons (Fsp3) is 0.125. The summed E-state index contributed by atoms with van der Waals surface area (Å²) in [6, 6.07) is 11.6. The molecule has 0 unspecified atom stereocenters. The molecule has 7 heteroatoms. The van der Waals surface area contributed by atoms with E-state index in [1.807, 2.05) is 43.5 Å². The molecule has 3 heterocycles. The summed E-state index contributed by atoms with van der Waals surface area (Å²) in [4.78, 5) is 28.6. The lowest BCUT2D eigenvalue weighted by Crippen LogP contribution is -2.19. The molecular weight excluding hydrogens is 388 g/mol. The molecule has 31 heavy (non-hydrogen) atoms. The monoisotopic (exact) mass is 408 g/mol. The maximum absolute atomic E-state index is 11.8. The number of rotatable bonds is 5. The van der Waals surface area contributed by atoms with Crippen LogP contribution in [0.1, 0.15) is 18.2 Å². The van der Waals surface area contributed by atoms with Gasteiger partial charge < -0.3 is 10.3 Å². The Morgan fingerprint density at radius 3 is 2.87 bits per heavy atom. The molecule has 0 saturated carbocycles. The molecule has 0 radical (unpaired) electrons. The molecule has 0 aliphatic heterocycles. The van der Waals surface area contributed by atoms with E-state index in [-0.39, 0.29) is 5.57 Å². The van der Waals surface area contributed by atoms with Crippen LogP contribution in [0.25, 0.3) is 39.5 Å². The van der Waals surface area contributed by atoms with E-state index in [9.17, 15) is 10.1 Å². The molecule has 1 amide bonds. The predicted molar refractivity (Wildman–Crippen MR) is 120 cm³/mol. The maximum Gasteiger partial charge on any atom is 0.261 e. The number of nitrogens with zero attached hydrogens (tertiary/aromatic N) is 4. The third-order valence-electron chi connectivity index (χ3n) is 4.98. The first-order valence-electron chi connectivity index (χ1n) is 9.85. The Labute approximate surface area is 179 Å². The van der Waals surface area contributed by atoms with E-state index < -0.39 is 5.91 Å². The van der Waals surface area contributed by atoms with E-state index in [4.69, 9.17) is 0 Å². The average molecular weight is 408 g/mol. The Morgan fingerprint density at radius 2 is 2.10 bits per heavy atom. The molecule has 0 saturated heterocycles. The molecule has 152 valence electrons. The minimum absolute atomic E-state index is 0.0514. The second-order valence-corrected chi connectivity index (χ2v) is 6.95. The van der Waals surface area contributed by atoms with Crippen LogP contribution in [0.4, 0.5) is 0 Å². The lowest BCUT2D eigenvalue weighted by atomic mass is 10.0. The van der Waals surface area contributed by atoms with Crippen molar-refractivity contribution in [3.05, 3.63) is 71.9 Å². The lowest BCUT2D eigenvalue weighted by molar-refractivity contribution is -0.116. The summed E-state index contributed by atoms with van der Waals surface area (Å²) in [7, 11) is 1.50. The average Bonchev–Trinajstić information content (AvgIpc) is 3.25. The number of fused-ring (bicyclic) bond motifs is 1. The number of hydrogen-bond donors (Lipinski definition) is 2. The number of amides is 1. The minimum Gasteiger partial charge on any atom is -0.354 e.